The summed E-state index contributed by atoms with van der Waals surface area (Å²) in [5.74, 6) is -0.939. The number of aliphatic hydroxyl groups is 1. The lowest BCUT2D eigenvalue weighted by molar-refractivity contribution is 0.0949. The maximum atomic E-state index is 13.5. The van der Waals surface area contributed by atoms with Crippen molar-refractivity contribution in [3.05, 3.63) is 35.4 Å². The Morgan fingerprint density at radius 1 is 1.06 bits per heavy atom. The van der Waals surface area contributed by atoms with Gasteiger partial charge in [-0.05, 0) is 37.0 Å². The van der Waals surface area contributed by atoms with Gasteiger partial charge >= 0.3 is 0 Å². The lowest BCUT2D eigenvalue weighted by Gasteiger charge is -2.22. The van der Waals surface area contributed by atoms with E-state index < -0.39 is 17.7 Å². The van der Waals surface area contributed by atoms with Crippen molar-refractivity contribution in [2.24, 2.45) is 5.92 Å². The summed E-state index contributed by atoms with van der Waals surface area (Å²) >= 11 is 0. The van der Waals surface area contributed by atoms with Gasteiger partial charge in [0.1, 0.15) is 11.6 Å². The molecule has 1 aliphatic rings. The summed E-state index contributed by atoms with van der Waals surface area (Å²) in [4.78, 5) is 0. The summed E-state index contributed by atoms with van der Waals surface area (Å²) in [5, 5.41) is 10.2. The summed E-state index contributed by atoms with van der Waals surface area (Å²) < 4.78 is 26.6. The standard InChI is InChI=1S/C14H18F2O/c15-11-7-8-13(16)12(9-11)14(17)10-5-3-1-2-4-6-10/h7-10,14,17H,1-6H2/t14-/m1/s1. The van der Waals surface area contributed by atoms with Gasteiger partial charge < -0.3 is 5.11 Å². The van der Waals surface area contributed by atoms with Crippen LogP contribution in [-0.4, -0.2) is 5.11 Å². The highest BCUT2D eigenvalue weighted by Crippen LogP contribution is 2.34. The van der Waals surface area contributed by atoms with Crippen LogP contribution in [0, 0.1) is 17.6 Å². The Labute approximate surface area is 100 Å². The minimum absolute atomic E-state index is 0.0637. The molecule has 1 aromatic carbocycles. The van der Waals surface area contributed by atoms with Crippen molar-refractivity contribution in [2.75, 3.05) is 0 Å². The fraction of sp³-hybridized carbons (Fsp3) is 0.571. The van der Waals surface area contributed by atoms with E-state index in [1.807, 2.05) is 0 Å². The van der Waals surface area contributed by atoms with Crippen molar-refractivity contribution >= 4 is 0 Å². The van der Waals surface area contributed by atoms with Crippen molar-refractivity contribution in [3.63, 3.8) is 0 Å². The summed E-state index contributed by atoms with van der Waals surface area (Å²) in [7, 11) is 0. The predicted molar refractivity (Wildman–Crippen MR) is 62.5 cm³/mol. The summed E-state index contributed by atoms with van der Waals surface area (Å²) in [6, 6.07) is 3.29. The molecule has 0 amide bonds. The first kappa shape index (κ1) is 12.5. The second kappa shape index (κ2) is 5.58. The van der Waals surface area contributed by atoms with E-state index in [0.29, 0.717) is 0 Å². The molecule has 0 spiro atoms. The first-order valence-electron chi connectivity index (χ1n) is 6.31. The molecule has 0 unspecified atom stereocenters. The zero-order chi connectivity index (χ0) is 12.3. The molecular weight excluding hydrogens is 222 g/mol. The number of benzene rings is 1. The van der Waals surface area contributed by atoms with E-state index >= 15 is 0 Å². The fourth-order valence-electron chi connectivity index (χ4n) is 2.62. The summed E-state index contributed by atoms with van der Waals surface area (Å²) in [5.41, 5.74) is 0.108. The molecule has 1 aliphatic carbocycles. The Morgan fingerprint density at radius 3 is 2.35 bits per heavy atom. The zero-order valence-electron chi connectivity index (χ0n) is 9.83. The predicted octanol–water partition coefficient (Wildman–Crippen LogP) is 3.97. The molecule has 1 fully saturated rings. The summed E-state index contributed by atoms with van der Waals surface area (Å²) in [6.45, 7) is 0. The first-order valence-corrected chi connectivity index (χ1v) is 6.31. The van der Waals surface area contributed by atoms with Gasteiger partial charge in [-0.2, -0.15) is 0 Å². The van der Waals surface area contributed by atoms with E-state index in [9.17, 15) is 13.9 Å². The molecule has 1 saturated carbocycles. The van der Waals surface area contributed by atoms with Crippen LogP contribution < -0.4 is 0 Å². The van der Waals surface area contributed by atoms with Gasteiger partial charge in [-0.25, -0.2) is 8.78 Å². The van der Waals surface area contributed by atoms with Crippen LogP contribution in [0.15, 0.2) is 18.2 Å². The van der Waals surface area contributed by atoms with Gasteiger partial charge in [0.25, 0.3) is 0 Å². The third-order valence-electron chi connectivity index (χ3n) is 3.62. The van der Waals surface area contributed by atoms with Crippen LogP contribution in [-0.2, 0) is 0 Å². The molecule has 2 rings (SSSR count). The molecule has 0 bridgehead atoms. The number of rotatable bonds is 2. The Bertz CT molecular complexity index is 370. The average molecular weight is 240 g/mol. The molecule has 1 nitrogen and oxygen atoms in total. The van der Waals surface area contributed by atoms with Crippen LogP contribution in [0.25, 0.3) is 0 Å². The number of hydrogen-bond acceptors (Lipinski definition) is 1. The molecule has 0 aromatic heterocycles. The van der Waals surface area contributed by atoms with Gasteiger partial charge in [0.15, 0.2) is 0 Å². The number of aliphatic hydroxyl groups excluding tert-OH is 1. The fourth-order valence-corrected chi connectivity index (χ4v) is 2.62. The second-order valence-corrected chi connectivity index (χ2v) is 4.86. The van der Waals surface area contributed by atoms with Gasteiger partial charge in [-0.1, -0.05) is 25.7 Å². The minimum Gasteiger partial charge on any atom is -0.388 e. The van der Waals surface area contributed by atoms with Crippen LogP contribution in [0.1, 0.15) is 50.2 Å². The normalized spacial score (nSPS) is 19.9. The maximum Gasteiger partial charge on any atom is 0.129 e. The van der Waals surface area contributed by atoms with Crippen molar-refractivity contribution in [3.8, 4) is 0 Å². The molecule has 1 N–H and O–H groups in total. The Hall–Kier alpha value is -0.960. The third kappa shape index (κ3) is 3.03. The Morgan fingerprint density at radius 2 is 1.71 bits per heavy atom. The van der Waals surface area contributed by atoms with E-state index in [4.69, 9.17) is 0 Å². The number of halogens is 2. The lowest BCUT2D eigenvalue weighted by atomic mass is 9.89. The monoisotopic (exact) mass is 240 g/mol. The van der Waals surface area contributed by atoms with Crippen LogP contribution in [0.4, 0.5) is 8.78 Å². The van der Waals surface area contributed by atoms with E-state index in [1.165, 1.54) is 12.8 Å². The van der Waals surface area contributed by atoms with Gasteiger partial charge in [0, 0.05) is 5.56 Å². The molecule has 3 heteroatoms. The molecule has 1 aromatic rings. The summed E-state index contributed by atoms with van der Waals surface area (Å²) in [6.07, 6.45) is 5.42. The first-order chi connectivity index (χ1) is 8.18. The van der Waals surface area contributed by atoms with Crippen molar-refractivity contribution in [1.29, 1.82) is 0 Å². The van der Waals surface area contributed by atoms with Crippen LogP contribution in [0.5, 0.6) is 0 Å². The molecule has 17 heavy (non-hydrogen) atoms. The van der Waals surface area contributed by atoms with Crippen LogP contribution in [0.2, 0.25) is 0 Å². The number of hydrogen-bond donors (Lipinski definition) is 1. The smallest absolute Gasteiger partial charge is 0.129 e. The lowest BCUT2D eigenvalue weighted by Crippen LogP contribution is -2.13. The second-order valence-electron chi connectivity index (χ2n) is 4.86. The highest BCUT2D eigenvalue weighted by atomic mass is 19.1. The van der Waals surface area contributed by atoms with Crippen molar-refractivity contribution in [2.45, 2.75) is 44.6 Å². The molecule has 1 atom stereocenters. The van der Waals surface area contributed by atoms with Gasteiger partial charge in [-0.3, -0.25) is 0 Å². The van der Waals surface area contributed by atoms with Gasteiger partial charge in [0.2, 0.25) is 0 Å². The van der Waals surface area contributed by atoms with Crippen LogP contribution in [0.3, 0.4) is 0 Å². The topological polar surface area (TPSA) is 20.2 Å². The molecule has 94 valence electrons. The largest absolute Gasteiger partial charge is 0.388 e. The molecule has 0 heterocycles. The van der Waals surface area contributed by atoms with Gasteiger partial charge in [-0.15, -0.1) is 0 Å². The Kier molecular flexibility index (Phi) is 4.11. The molecule has 0 saturated heterocycles. The average Bonchev–Trinajstić information content (AvgIpc) is 2.60. The maximum absolute atomic E-state index is 13.5. The molecule has 0 aliphatic heterocycles. The molecule has 0 radical (unpaired) electrons. The van der Waals surface area contributed by atoms with E-state index in [0.717, 1.165) is 43.9 Å². The SMILES string of the molecule is O[C@@H](c1cc(F)ccc1F)C1CCCCCC1. The molecular formula is C14H18F2O. The van der Waals surface area contributed by atoms with E-state index in [-0.39, 0.29) is 11.5 Å². The third-order valence-corrected chi connectivity index (χ3v) is 3.62. The van der Waals surface area contributed by atoms with Crippen molar-refractivity contribution < 1.29 is 13.9 Å². The Balaban J connectivity index is 2.16. The van der Waals surface area contributed by atoms with E-state index in [1.54, 1.807) is 0 Å². The van der Waals surface area contributed by atoms with Crippen molar-refractivity contribution in [1.82, 2.24) is 0 Å². The van der Waals surface area contributed by atoms with E-state index in [2.05, 4.69) is 0 Å². The van der Waals surface area contributed by atoms with Gasteiger partial charge in [0.05, 0.1) is 6.10 Å². The quantitative estimate of drug-likeness (QED) is 0.775. The van der Waals surface area contributed by atoms with Crippen LogP contribution >= 0.6 is 0 Å². The zero-order valence-corrected chi connectivity index (χ0v) is 9.83. The highest BCUT2D eigenvalue weighted by Gasteiger charge is 2.24. The highest BCUT2D eigenvalue weighted by molar-refractivity contribution is 5.21. The minimum atomic E-state index is -0.871.